The van der Waals surface area contributed by atoms with Crippen molar-refractivity contribution in [3.05, 3.63) is 47.8 Å². The van der Waals surface area contributed by atoms with Crippen LogP contribution in [0.3, 0.4) is 0 Å². The summed E-state index contributed by atoms with van der Waals surface area (Å²) in [6.45, 7) is 1.81. The van der Waals surface area contributed by atoms with Crippen LogP contribution in [0, 0.1) is 11.6 Å². The van der Waals surface area contributed by atoms with Gasteiger partial charge in [0.25, 0.3) is 0 Å². The number of aromatic nitrogens is 4. The maximum atomic E-state index is 14.5. The first-order valence-electron chi connectivity index (χ1n) is 7.64. The molecule has 0 fully saturated rings. The number of halogens is 2. The summed E-state index contributed by atoms with van der Waals surface area (Å²) in [4.78, 5) is 0. The summed E-state index contributed by atoms with van der Waals surface area (Å²) in [6, 6.07) is 5.64. The number of pyridine rings is 1. The lowest BCUT2D eigenvalue weighted by Gasteiger charge is -2.12. The third-order valence-electron chi connectivity index (χ3n) is 4.25. The van der Waals surface area contributed by atoms with Gasteiger partial charge in [-0.3, -0.25) is 5.10 Å². The van der Waals surface area contributed by atoms with E-state index in [-0.39, 0.29) is 5.52 Å². The fourth-order valence-electron chi connectivity index (χ4n) is 3.09. The van der Waals surface area contributed by atoms with Crippen LogP contribution in [0.4, 0.5) is 14.6 Å². The SMILES string of the molecule is CCc1c(F)c(F)c2[nH]ncc2c1-c1ccn2nc(NC)cc2c1. The van der Waals surface area contributed by atoms with E-state index in [1.54, 1.807) is 17.8 Å². The Morgan fingerprint density at radius 2 is 2.08 bits per heavy atom. The number of nitrogens with one attached hydrogen (secondary N) is 2. The number of anilines is 1. The van der Waals surface area contributed by atoms with Gasteiger partial charge in [0.1, 0.15) is 11.3 Å². The van der Waals surface area contributed by atoms with Gasteiger partial charge in [0, 0.05) is 24.7 Å². The van der Waals surface area contributed by atoms with Gasteiger partial charge in [-0.05, 0) is 35.2 Å². The van der Waals surface area contributed by atoms with Crippen LogP contribution in [-0.2, 0) is 6.42 Å². The van der Waals surface area contributed by atoms with Crippen molar-refractivity contribution in [2.45, 2.75) is 13.3 Å². The Balaban J connectivity index is 2.05. The number of fused-ring (bicyclic) bond motifs is 2. The molecule has 0 aliphatic carbocycles. The Labute approximate surface area is 136 Å². The Hall–Kier alpha value is -2.96. The second kappa shape index (κ2) is 5.30. The smallest absolute Gasteiger partial charge is 0.184 e. The molecular weight excluding hydrogens is 312 g/mol. The lowest BCUT2D eigenvalue weighted by Crippen LogP contribution is -1.99. The van der Waals surface area contributed by atoms with Gasteiger partial charge >= 0.3 is 0 Å². The molecule has 0 saturated heterocycles. The molecule has 0 aliphatic rings. The van der Waals surface area contributed by atoms with E-state index in [9.17, 15) is 8.78 Å². The van der Waals surface area contributed by atoms with Crippen molar-refractivity contribution in [2.24, 2.45) is 0 Å². The van der Waals surface area contributed by atoms with Crippen LogP contribution < -0.4 is 5.32 Å². The molecule has 2 N–H and O–H groups in total. The van der Waals surface area contributed by atoms with Gasteiger partial charge in [-0.25, -0.2) is 13.3 Å². The Morgan fingerprint density at radius 3 is 2.83 bits per heavy atom. The van der Waals surface area contributed by atoms with Gasteiger partial charge in [0.2, 0.25) is 0 Å². The van der Waals surface area contributed by atoms with Crippen LogP contribution >= 0.6 is 0 Å². The van der Waals surface area contributed by atoms with Crippen LogP contribution in [0.1, 0.15) is 12.5 Å². The fraction of sp³-hybridized carbons (Fsp3) is 0.176. The summed E-state index contributed by atoms with van der Waals surface area (Å²) in [5, 5.41) is 14.3. The summed E-state index contributed by atoms with van der Waals surface area (Å²) >= 11 is 0. The molecule has 3 aromatic heterocycles. The maximum Gasteiger partial charge on any atom is 0.184 e. The van der Waals surface area contributed by atoms with Crippen molar-refractivity contribution in [3.8, 4) is 11.1 Å². The van der Waals surface area contributed by atoms with Crippen LogP contribution in [0.5, 0.6) is 0 Å². The molecule has 0 unspecified atom stereocenters. The molecule has 0 radical (unpaired) electrons. The van der Waals surface area contributed by atoms with Crippen molar-refractivity contribution < 1.29 is 8.78 Å². The largest absolute Gasteiger partial charge is 0.372 e. The third-order valence-corrected chi connectivity index (χ3v) is 4.25. The van der Waals surface area contributed by atoms with E-state index in [1.807, 2.05) is 25.1 Å². The number of hydrogen-bond acceptors (Lipinski definition) is 3. The second-order valence-corrected chi connectivity index (χ2v) is 5.56. The van der Waals surface area contributed by atoms with Crippen molar-refractivity contribution in [1.29, 1.82) is 0 Å². The highest BCUT2D eigenvalue weighted by Crippen LogP contribution is 2.36. The van der Waals surface area contributed by atoms with E-state index >= 15 is 0 Å². The van der Waals surface area contributed by atoms with E-state index in [0.717, 1.165) is 16.9 Å². The number of H-pyrrole nitrogens is 1. The van der Waals surface area contributed by atoms with E-state index in [0.29, 0.717) is 22.9 Å². The minimum Gasteiger partial charge on any atom is -0.372 e. The van der Waals surface area contributed by atoms with Crippen molar-refractivity contribution in [3.63, 3.8) is 0 Å². The van der Waals surface area contributed by atoms with Gasteiger partial charge in [0.15, 0.2) is 11.6 Å². The monoisotopic (exact) mass is 327 g/mol. The molecule has 1 aromatic carbocycles. The second-order valence-electron chi connectivity index (χ2n) is 5.56. The van der Waals surface area contributed by atoms with Crippen molar-refractivity contribution in [2.75, 3.05) is 12.4 Å². The Morgan fingerprint density at radius 1 is 1.25 bits per heavy atom. The van der Waals surface area contributed by atoms with E-state index < -0.39 is 11.6 Å². The number of aromatic amines is 1. The summed E-state index contributed by atoms with van der Waals surface area (Å²) in [6.07, 6.45) is 3.72. The lowest BCUT2D eigenvalue weighted by atomic mass is 9.94. The molecule has 7 heteroatoms. The van der Waals surface area contributed by atoms with Crippen LogP contribution in [0.15, 0.2) is 30.6 Å². The maximum absolute atomic E-state index is 14.5. The molecule has 24 heavy (non-hydrogen) atoms. The molecule has 5 nitrogen and oxygen atoms in total. The number of hydrogen-bond donors (Lipinski definition) is 2. The van der Waals surface area contributed by atoms with Crippen LogP contribution in [0.25, 0.3) is 27.5 Å². The Bertz CT molecular complexity index is 1060. The molecule has 4 rings (SSSR count). The number of benzene rings is 1. The van der Waals surface area contributed by atoms with Gasteiger partial charge in [0.05, 0.1) is 11.7 Å². The minimum absolute atomic E-state index is 0.0870. The molecule has 0 spiro atoms. The van der Waals surface area contributed by atoms with Gasteiger partial charge in [-0.1, -0.05) is 6.92 Å². The summed E-state index contributed by atoms with van der Waals surface area (Å²) < 4.78 is 30.4. The van der Waals surface area contributed by atoms with Gasteiger partial charge in [-0.2, -0.15) is 10.2 Å². The van der Waals surface area contributed by atoms with Gasteiger partial charge in [-0.15, -0.1) is 0 Å². The third kappa shape index (κ3) is 1.97. The zero-order valence-corrected chi connectivity index (χ0v) is 13.2. The molecule has 0 amide bonds. The fourth-order valence-corrected chi connectivity index (χ4v) is 3.09. The zero-order chi connectivity index (χ0) is 16.8. The highest BCUT2D eigenvalue weighted by molar-refractivity contribution is 5.97. The highest BCUT2D eigenvalue weighted by atomic mass is 19.2. The Kier molecular flexibility index (Phi) is 3.23. The molecule has 0 atom stereocenters. The highest BCUT2D eigenvalue weighted by Gasteiger charge is 2.21. The zero-order valence-electron chi connectivity index (χ0n) is 13.2. The number of nitrogens with zero attached hydrogens (tertiary/aromatic N) is 3. The lowest BCUT2D eigenvalue weighted by molar-refractivity contribution is 0.507. The molecule has 122 valence electrons. The van der Waals surface area contributed by atoms with Crippen LogP contribution in [-0.4, -0.2) is 26.9 Å². The molecule has 3 heterocycles. The van der Waals surface area contributed by atoms with Crippen molar-refractivity contribution >= 4 is 22.2 Å². The van der Waals surface area contributed by atoms with Gasteiger partial charge < -0.3 is 5.32 Å². The normalized spacial score (nSPS) is 11.5. The molecular formula is C17H15F2N5. The first-order chi connectivity index (χ1) is 11.6. The predicted molar refractivity (Wildman–Crippen MR) is 89.1 cm³/mol. The molecule has 0 saturated carbocycles. The summed E-state index contributed by atoms with van der Waals surface area (Å²) in [7, 11) is 1.79. The first-order valence-corrected chi connectivity index (χ1v) is 7.64. The topological polar surface area (TPSA) is 58.0 Å². The standard InChI is InChI=1S/C17H15F2N5/c1-3-11-14(12-8-21-22-17(12)16(19)15(11)18)9-4-5-24-10(6-9)7-13(20-2)23-24/h4-8H,3H2,1-2H3,(H,20,23)(H,21,22). The summed E-state index contributed by atoms with van der Waals surface area (Å²) in [5.41, 5.74) is 2.76. The molecule has 4 aromatic rings. The average molecular weight is 327 g/mol. The number of rotatable bonds is 3. The average Bonchev–Trinajstić information content (AvgIpc) is 3.23. The quantitative estimate of drug-likeness (QED) is 0.602. The minimum atomic E-state index is -0.883. The van der Waals surface area contributed by atoms with E-state index in [2.05, 4.69) is 20.6 Å². The predicted octanol–water partition coefficient (Wildman–Crippen LogP) is 3.76. The summed E-state index contributed by atoms with van der Waals surface area (Å²) in [5.74, 6) is -0.971. The van der Waals surface area contributed by atoms with Crippen molar-refractivity contribution in [1.82, 2.24) is 19.8 Å². The molecule has 0 aliphatic heterocycles. The molecule has 0 bridgehead atoms. The first kappa shape index (κ1) is 14.6. The van der Waals surface area contributed by atoms with Crippen LogP contribution in [0.2, 0.25) is 0 Å². The van der Waals surface area contributed by atoms with E-state index in [1.165, 1.54) is 6.20 Å². The van der Waals surface area contributed by atoms with E-state index in [4.69, 9.17) is 0 Å².